The average molecular weight is 572 g/mol. The molecule has 4 rings (SSSR count). The second-order valence-corrected chi connectivity index (χ2v) is 10.4. The lowest BCUT2D eigenvalue weighted by atomic mass is 10.1. The monoisotopic (exact) mass is 571 g/mol. The summed E-state index contributed by atoms with van der Waals surface area (Å²) in [4.78, 5) is 12.3. The van der Waals surface area contributed by atoms with Crippen LogP contribution in [0.25, 0.3) is 21.8 Å². The lowest BCUT2D eigenvalue weighted by Gasteiger charge is -2.11. The third-order valence-corrected chi connectivity index (χ3v) is 7.56. The third-order valence-electron chi connectivity index (χ3n) is 5.02. The Morgan fingerprint density at radius 2 is 1.71 bits per heavy atom. The smallest absolute Gasteiger partial charge is 0.345 e. The molecule has 14 heteroatoms. The molecule has 200 valence electrons. The summed E-state index contributed by atoms with van der Waals surface area (Å²) in [6.45, 7) is 2.47. The normalized spacial score (nSPS) is 12.6. The molecule has 0 spiro atoms. The number of nitrogens with one attached hydrogen (secondary N) is 2. The van der Waals surface area contributed by atoms with E-state index in [0.29, 0.717) is 21.1 Å². The van der Waals surface area contributed by atoms with Crippen LogP contribution >= 0.6 is 11.3 Å². The average Bonchev–Trinajstić information content (AvgIpc) is 3.30. The molecular formula is C24H19F6N5OS2. The summed E-state index contributed by atoms with van der Waals surface area (Å²) in [5, 5.41) is 2.80. The van der Waals surface area contributed by atoms with Crippen LogP contribution in [0, 0.1) is 17.5 Å². The van der Waals surface area contributed by atoms with Crippen molar-refractivity contribution in [2.45, 2.75) is 30.8 Å². The van der Waals surface area contributed by atoms with Crippen molar-refractivity contribution in [3.05, 3.63) is 71.1 Å². The minimum absolute atomic E-state index is 0.0215. The summed E-state index contributed by atoms with van der Waals surface area (Å²) in [5.74, 6) is -3.22. The van der Waals surface area contributed by atoms with E-state index in [0.717, 1.165) is 24.3 Å². The molecule has 38 heavy (non-hydrogen) atoms. The van der Waals surface area contributed by atoms with E-state index >= 15 is 0 Å². The molecule has 6 nitrogen and oxygen atoms in total. The van der Waals surface area contributed by atoms with Crippen molar-refractivity contribution in [2.24, 2.45) is 0 Å². The second-order valence-electron chi connectivity index (χ2n) is 8.23. The summed E-state index contributed by atoms with van der Waals surface area (Å²) < 4.78 is 95.6. The fourth-order valence-corrected chi connectivity index (χ4v) is 5.27. The molecule has 2 N–H and O–H groups in total. The Bertz CT molecular complexity index is 1470. The first kappa shape index (κ1) is 27.5. The number of alkyl halides is 3. The number of benzene rings is 2. The van der Waals surface area contributed by atoms with E-state index in [1.165, 1.54) is 35.7 Å². The van der Waals surface area contributed by atoms with E-state index in [4.69, 9.17) is 0 Å². The van der Waals surface area contributed by atoms with Gasteiger partial charge in [-0.2, -0.15) is 13.2 Å². The van der Waals surface area contributed by atoms with Crippen LogP contribution < -0.4 is 10.0 Å². The highest BCUT2D eigenvalue weighted by Crippen LogP contribution is 2.39. The molecular weight excluding hydrogens is 552 g/mol. The van der Waals surface area contributed by atoms with E-state index in [2.05, 4.69) is 25.0 Å². The van der Waals surface area contributed by atoms with Gasteiger partial charge in [-0.3, -0.25) is 4.72 Å². The maximum Gasteiger partial charge on any atom is 0.405 e. The Kier molecular flexibility index (Phi) is 8.02. The molecule has 1 atom stereocenters. The largest absolute Gasteiger partial charge is 0.405 e. The fourth-order valence-electron chi connectivity index (χ4n) is 3.26. The molecule has 2 heterocycles. The van der Waals surface area contributed by atoms with Gasteiger partial charge in [-0.25, -0.2) is 32.3 Å². The molecule has 0 amide bonds. The summed E-state index contributed by atoms with van der Waals surface area (Å²) in [7, 11) is -2.47. The van der Waals surface area contributed by atoms with E-state index in [9.17, 15) is 30.6 Å². The Morgan fingerprint density at radius 3 is 2.37 bits per heavy atom. The van der Waals surface area contributed by atoms with Crippen LogP contribution in [0.5, 0.6) is 0 Å². The molecule has 0 fully saturated rings. The van der Waals surface area contributed by atoms with Crippen LogP contribution in [0.4, 0.5) is 38.0 Å². The summed E-state index contributed by atoms with van der Waals surface area (Å²) >= 11 is 1.25. The number of hydrogen-bond donors (Lipinski definition) is 2. The lowest BCUT2D eigenvalue weighted by Crippen LogP contribution is -2.22. The predicted octanol–water partition coefficient (Wildman–Crippen LogP) is 6.92. The maximum absolute atomic E-state index is 14.6. The van der Waals surface area contributed by atoms with Crippen LogP contribution in [-0.2, 0) is 11.0 Å². The first-order valence-corrected chi connectivity index (χ1v) is 13.0. The van der Waals surface area contributed by atoms with Crippen LogP contribution in [0.1, 0.15) is 24.8 Å². The highest BCUT2D eigenvalue weighted by Gasteiger charge is 2.27. The lowest BCUT2D eigenvalue weighted by molar-refractivity contribution is -0.115. The SMILES string of the molecule is CC(C)c1nc(-c2ccc(F)c(NS(=O)c3c(F)cccc3F)c2)c(-c2ccnc(NCC(F)(F)F)n2)s1. The van der Waals surface area contributed by atoms with Crippen molar-refractivity contribution in [3.8, 4) is 21.8 Å². The van der Waals surface area contributed by atoms with E-state index in [1.807, 2.05) is 13.8 Å². The van der Waals surface area contributed by atoms with Gasteiger partial charge in [-0.05, 0) is 36.4 Å². The molecule has 0 radical (unpaired) electrons. The molecule has 0 aliphatic heterocycles. The number of anilines is 2. The van der Waals surface area contributed by atoms with E-state index in [1.54, 1.807) is 0 Å². The fraction of sp³-hybridized carbons (Fsp3) is 0.208. The summed E-state index contributed by atoms with van der Waals surface area (Å²) in [6, 6.07) is 8.22. The molecule has 2 aromatic heterocycles. The maximum atomic E-state index is 14.6. The van der Waals surface area contributed by atoms with Gasteiger partial charge in [0, 0.05) is 17.7 Å². The standard InChI is InChI=1S/C24H19F6N5OS2/c1-12(2)22-34-19(20(37-22)17-8-9-31-23(33-17)32-11-24(28,29)30)13-6-7-14(25)18(10-13)35-38(36)21-15(26)4-3-5-16(21)27/h3-10,12,35H,11H2,1-2H3,(H,31,32,33). The van der Waals surface area contributed by atoms with Crippen LogP contribution in [-0.4, -0.2) is 31.9 Å². The zero-order valence-electron chi connectivity index (χ0n) is 19.7. The molecule has 0 aliphatic rings. The van der Waals surface area contributed by atoms with Crippen molar-refractivity contribution < 1.29 is 30.6 Å². The van der Waals surface area contributed by atoms with Gasteiger partial charge in [-0.1, -0.05) is 19.9 Å². The van der Waals surface area contributed by atoms with Gasteiger partial charge in [0.2, 0.25) is 5.95 Å². The molecule has 1 unspecified atom stereocenters. The third kappa shape index (κ3) is 6.30. The van der Waals surface area contributed by atoms with Crippen molar-refractivity contribution in [3.63, 3.8) is 0 Å². The Labute approximate surface area is 219 Å². The minimum atomic E-state index is -4.47. The number of rotatable bonds is 8. The first-order valence-electron chi connectivity index (χ1n) is 11.0. The molecule has 0 aliphatic carbocycles. The zero-order chi connectivity index (χ0) is 27.6. The Balaban J connectivity index is 1.73. The minimum Gasteiger partial charge on any atom is -0.345 e. The summed E-state index contributed by atoms with van der Waals surface area (Å²) in [5.41, 5.74) is 0.662. The Hall–Kier alpha value is -3.52. The van der Waals surface area contributed by atoms with Crippen LogP contribution in [0.15, 0.2) is 53.6 Å². The summed E-state index contributed by atoms with van der Waals surface area (Å²) in [6.07, 6.45) is -3.17. The van der Waals surface area contributed by atoms with E-state index < -0.39 is 46.1 Å². The van der Waals surface area contributed by atoms with Crippen molar-refractivity contribution in [2.75, 3.05) is 16.6 Å². The highest BCUT2D eigenvalue weighted by molar-refractivity contribution is 7.86. The molecule has 2 aromatic carbocycles. The molecule has 4 aromatic rings. The van der Waals surface area contributed by atoms with Gasteiger partial charge < -0.3 is 5.32 Å². The van der Waals surface area contributed by atoms with Gasteiger partial charge in [0.1, 0.15) is 28.9 Å². The van der Waals surface area contributed by atoms with Crippen molar-refractivity contribution in [1.29, 1.82) is 0 Å². The number of aromatic nitrogens is 3. The van der Waals surface area contributed by atoms with Crippen LogP contribution in [0.3, 0.4) is 0 Å². The van der Waals surface area contributed by atoms with E-state index in [-0.39, 0.29) is 23.2 Å². The molecule has 0 saturated carbocycles. The number of thiazole rings is 1. The Morgan fingerprint density at radius 1 is 1.00 bits per heavy atom. The first-order chi connectivity index (χ1) is 17.9. The van der Waals surface area contributed by atoms with Gasteiger partial charge >= 0.3 is 6.18 Å². The van der Waals surface area contributed by atoms with Gasteiger partial charge in [-0.15, -0.1) is 11.3 Å². The number of hydrogen-bond acceptors (Lipinski definition) is 6. The number of nitrogens with zero attached hydrogens (tertiary/aromatic N) is 3. The van der Waals surface area contributed by atoms with Gasteiger partial charge in [0.15, 0.2) is 11.0 Å². The highest BCUT2D eigenvalue weighted by atomic mass is 32.2. The predicted molar refractivity (Wildman–Crippen MR) is 134 cm³/mol. The second kappa shape index (κ2) is 11.1. The quantitative estimate of drug-likeness (QED) is 0.225. The van der Waals surface area contributed by atoms with Crippen molar-refractivity contribution in [1.82, 2.24) is 15.0 Å². The van der Waals surface area contributed by atoms with Crippen molar-refractivity contribution >= 4 is 34.0 Å². The molecule has 0 bridgehead atoms. The topological polar surface area (TPSA) is 79.8 Å². The van der Waals surface area contributed by atoms with Crippen LogP contribution in [0.2, 0.25) is 0 Å². The zero-order valence-corrected chi connectivity index (χ0v) is 21.4. The molecule has 0 saturated heterocycles. The number of halogens is 6. The van der Waals surface area contributed by atoms with Gasteiger partial charge in [0.25, 0.3) is 0 Å². The van der Waals surface area contributed by atoms with Gasteiger partial charge in [0.05, 0.1) is 27.0 Å².